The van der Waals surface area contributed by atoms with E-state index < -0.39 is 17.7 Å². The molecule has 0 saturated carbocycles. The lowest BCUT2D eigenvalue weighted by Crippen LogP contribution is -2.39. The quantitative estimate of drug-likeness (QED) is 0.873. The topological polar surface area (TPSA) is 75.5 Å². The molecular weight excluding hydrogens is 363 g/mol. The van der Waals surface area contributed by atoms with Gasteiger partial charge >= 0.3 is 12.1 Å². The highest BCUT2D eigenvalue weighted by Crippen LogP contribution is 2.37. The molecule has 0 amide bonds. The summed E-state index contributed by atoms with van der Waals surface area (Å²) in [4.78, 5) is 21.2. The number of ether oxygens (including phenoxy) is 1. The fourth-order valence-electron chi connectivity index (χ4n) is 2.96. The van der Waals surface area contributed by atoms with Crippen LogP contribution < -0.4 is 9.64 Å². The molecule has 3 rings (SSSR count). The Balaban J connectivity index is 1.68. The Bertz CT molecular complexity index is 834. The van der Waals surface area contributed by atoms with Crippen LogP contribution in [0, 0.1) is 6.92 Å². The predicted molar refractivity (Wildman–Crippen MR) is 91.0 cm³/mol. The Morgan fingerprint density at radius 2 is 1.89 bits per heavy atom. The SMILES string of the molecule is Cc1cc(C(=O)O)nc(N2CCC(Oc3ccccc3C(F)(F)F)CC2)n1. The van der Waals surface area contributed by atoms with Crippen LogP contribution in [-0.4, -0.2) is 40.2 Å². The molecule has 144 valence electrons. The second-order valence-electron chi connectivity index (χ2n) is 6.30. The number of piperidine rings is 1. The van der Waals surface area contributed by atoms with Gasteiger partial charge in [-0.1, -0.05) is 12.1 Å². The summed E-state index contributed by atoms with van der Waals surface area (Å²) in [5, 5.41) is 9.11. The number of rotatable bonds is 4. The van der Waals surface area contributed by atoms with E-state index in [2.05, 4.69) is 9.97 Å². The van der Waals surface area contributed by atoms with Gasteiger partial charge in [0.05, 0.1) is 5.56 Å². The van der Waals surface area contributed by atoms with E-state index in [1.807, 2.05) is 4.90 Å². The Labute approximate surface area is 153 Å². The maximum absolute atomic E-state index is 13.1. The van der Waals surface area contributed by atoms with E-state index >= 15 is 0 Å². The van der Waals surface area contributed by atoms with Crippen LogP contribution in [0.15, 0.2) is 30.3 Å². The van der Waals surface area contributed by atoms with Crippen molar-refractivity contribution >= 4 is 11.9 Å². The maximum Gasteiger partial charge on any atom is 0.419 e. The summed E-state index contributed by atoms with van der Waals surface area (Å²) in [7, 11) is 0. The van der Waals surface area contributed by atoms with Gasteiger partial charge in [0.1, 0.15) is 11.9 Å². The van der Waals surface area contributed by atoms with Crippen molar-refractivity contribution in [3.63, 3.8) is 0 Å². The number of para-hydroxylation sites is 1. The van der Waals surface area contributed by atoms with Crippen molar-refractivity contribution in [2.75, 3.05) is 18.0 Å². The molecule has 27 heavy (non-hydrogen) atoms. The molecule has 0 atom stereocenters. The highest BCUT2D eigenvalue weighted by atomic mass is 19.4. The first-order chi connectivity index (χ1) is 12.7. The smallest absolute Gasteiger partial charge is 0.419 e. The Hall–Kier alpha value is -2.84. The van der Waals surface area contributed by atoms with E-state index in [4.69, 9.17) is 9.84 Å². The molecule has 2 heterocycles. The number of carboxylic acids is 1. The molecule has 6 nitrogen and oxygen atoms in total. The van der Waals surface area contributed by atoms with Gasteiger partial charge in [-0.05, 0) is 25.1 Å². The van der Waals surface area contributed by atoms with Gasteiger partial charge in [-0.3, -0.25) is 0 Å². The number of alkyl halides is 3. The van der Waals surface area contributed by atoms with Gasteiger partial charge in [0.25, 0.3) is 0 Å². The van der Waals surface area contributed by atoms with E-state index in [1.165, 1.54) is 24.3 Å². The highest BCUT2D eigenvalue weighted by Gasteiger charge is 2.35. The van der Waals surface area contributed by atoms with E-state index in [1.54, 1.807) is 6.92 Å². The third-order valence-corrected chi connectivity index (χ3v) is 4.27. The summed E-state index contributed by atoms with van der Waals surface area (Å²) in [6.45, 7) is 2.60. The number of aromatic nitrogens is 2. The molecule has 0 unspecified atom stereocenters. The zero-order valence-electron chi connectivity index (χ0n) is 14.5. The fraction of sp³-hybridized carbons (Fsp3) is 0.389. The van der Waals surface area contributed by atoms with Crippen LogP contribution in [0.1, 0.15) is 34.6 Å². The summed E-state index contributed by atoms with van der Waals surface area (Å²) in [5.41, 5.74) is -0.342. The lowest BCUT2D eigenvalue weighted by molar-refractivity contribution is -0.139. The molecule has 9 heteroatoms. The third-order valence-electron chi connectivity index (χ3n) is 4.27. The average molecular weight is 381 g/mol. The van der Waals surface area contributed by atoms with Crippen LogP contribution >= 0.6 is 0 Å². The number of aromatic carboxylic acids is 1. The van der Waals surface area contributed by atoms with Crippen molar-refractivity contribution in [1.29, 1.82) is 0 Å². The van der Waals surface area contributed by atoms with Gasteiger partial charge in [0, 0.05) is 31.6 Å². The minimum atomic E-state index is -4.47. The second-order valence-corrected chi connectivity index (χ2v) is 6.30. The number of carbonyl (C=O) groups is 1. The molecule has 1 fully saturated rings. The van der Waals surface area contributed by atoms with Crippen LogP contribution in [-0.2, 0) is 6.18 Å². The van der Waals surface area contributed by atoms with Gasteiger partial charge in [-0.2, -0.15) is 13.2 Å². The summed E-state index contributed by atoms with van der Waals surface area (Å²) in [6, 6.07) is 6.54. The first-order valence-electron chi connectivity index (χ1n) is 8.41. The summed E-state index contributed by atoms with van der Waals surface area (Å²) in [6.07, 6.45) is -3.88. The Kier molecular flexibility index (Phi) is 5.20. The minimum absolute atomic E-state index is 0.0880. The number of benzene rings is 1. The first kappa shape index (κ1) is 18.9. The number of aryl methyl sites for hydroxylation is 1. The molecule has 1 aliphatic rings. The molecule has 1 N–H and O–H groups in total. The summed E-state index contributed by atoms with van der Waals surface area (Å²) >= 11 is 0. The van der Waals surface area contributed by atoms with Crippen molar-refractivity contribution < 1.29 is 27.8 Å². The molecule has 1 aromatic heterocycles. The van der Waals surface area contributed by atoms with E-state index in [-0.39, 0.29) is 17.5 Å². The summed E-state index contributed by atoms with van der Waals surface area (Å²) in [5.74, 6) is -1.01. The Morgan fingerprint density at radius 3 is 2.52 bits per heavy atom. The van der Waals surface area contributed by atoms with Crippen LogP contribution in [0.25, 0.3) is 0 Å². The lowest BCUT2D eigenvalue weighted by Gasteiger charge is -2.32. The number of halogens is 3. The molecule has 0 aliphatic carbocycles. The van der Waals surface area contributed by atoms with Crippen LogP contribution in [0.2, 0.25) is 0 Å². The van der Waals surface area contributed by atoms with E-state index in [0.717, 1.165) is 6.07 Å². The van der Waals surface area contributed by atoms with E-state index in [9.17, 15) is 18.0 Å². The number of hydrogen-bond acceptors (Lipinski definition) is 5. The van der Waals surface area contributed by atoms with E-state index in [0.29, 0.717) is 37.6 Å². The largest absolute Gasteiger partial charge is 0.490 e. The van der Waals surface area contributed by atoms with Gasteiger partial charge in [0.15, 0.2) is 5.69 Å². The van der Waals surface area contributed by atoms with Crippen LogP contribution in [0.4, 0.5) is 19.1 Å². The molecule has 0 bridgehead atoms. The molecule has 1 aromatic carbocycles. The van der Waals surface area contributed by atoms with Crippen LogP contribution in [0.5, 0.6) is 5.75 Å². The number of anilines is 1. The molecule has 2 aromatic rings. The standard InChI is InChI=1S/C18H18F3N3O3/c1-11-10-14(16(25)26)23-17(22-11)24-8-6-12(7-9-24)27-15-5-3-2-4-13(15)18(19,20)21/h2-5,10,12H,6-9H2,1H3,(H,25,26). The number of hydrogen-bond donors (Lipinski definition) is 1. The first-order valence-corrected chi connectivity index (χ1v) is 8.41. The zero-order valence-corrected chi connectivity index (χ0v) is 14.5. The van der Waals surface area contributed by atoms with Crippen molar-refractivity contribution in [2.24, 2.45) is 0 Å². The monoisotopic (exact) mass is 381 g/mol. The van der Waals surface area contributed by atoms with Gasteiger partial charge < -0.3 is 14.7 Å². The van der Waals surface area contributed by atoms with Crippen molar-refractivity contribution in [2.45, 2.75) is 32.0 Å². The molecule has 1 aliphatic heterocycles. The molecule has 1 saturated heterocycles. The lowest BCUT2D eigenvalue weighted by atomic mass is 10.1. The normalized spacial score (nSPS) is 15.6. The third kappa shape index (κ3) is 4.47. The summed E-state index contributed by atoms with van der Waals surface area (Å²) < 4.78 is 44.8. The maximum atomic E-state index is 13.1. The van der Waals surface area contributed by atoms with Gasteiger partial charge in [-0.15, -0.1) is 0 Å². The number of nitrogens with zero attached hydrogens (tertiary/aromatic N) is 3. The van der Waals surface area contributed by atoms with Gasteiger partial charge in [0.2, 0.25) is 5.95 Å². The van der Waals surface area contributed by atoms with Gasteiger partial charge in [-0.25, -0.2) is 14.8 Å². The van der Waals surface area contributed by atoms with Crippen LogP contribution in [0.3, 0.4) is 0 Å². The fourth-order valence-corrected chi connectivity index (χ4v) is 2.96. The average Bonchev–Trinajstić information content (AvgIpc) is 2.61. The van der Waals surface area contributed by atoms with Crippen molar-refractivity contribution in [1.82, 2.24) is 9.97 Å². The predicted octanol–water partition coefficient (Wildman–Crippen LogP) is 3.55. The highest BCUT2D eigenvalue weighted by molar-refractivity contribution is 5.85. The Morgan fingerprint density at radius 1 is 1.22 bits per heavy atom. The molecule has 0 spiro atoms. The minimum Gasteiger partial charge on any atom is -0.490 e. The van der Waals surface area contributed by atoms with Crippen molar-refractivity contribution in [3.05, 3.63) is 47.3 Å². The second kappa shape index (κ2) is 7.42. The number of carboxylic acid groups (broad SMARTS) is 1. The zero-order chi connectivity index (χ0) is 19.6. The van der Waals surface area contributed by atoms with Crippen molar-refractivity contribution in [3.8, 4) is 5.75 Å². The molecule has 0 radical (unpaired) electrons. The molecular formula is C18H18F3N3O3.